The van der Waals surface area contributed by atoms with Gasteiger partial charge in [0.25, 0.3) is 0 Å². The zero-order valence-corrected chi connectivity index (χ0v) is 35.1. The summed E-state index contributed by atoms with van der Waals surface area (Å²) in [4.78, 5) is 62.8. The van der Waals surface area contributed by atoms with E-state index in [1.54, 1.807) is 0 Å². The summed E-state index contributed by atoms with van der Waals surface area (Å²) in [5.41, 5.74) is 7.18. The minimum atomic E-state index is -0.678. The van der Waals surface area contributed by atoms with E-state index in [1.807, 2.05) is 49.3 Å². The summed E-state index contributed by atoms with van der Waals surface area (Å²) in [5, 5.41) is 4.99. The van der Waals surface area contributed by atoms with Crippen molar-refractivity contribution in [1.29, 1.82) is 0 Å². The summed E-state index contributed by atoms with van der Waals surface area (Å²) >= 11 is 0. The number of nitrogens with one attached hydrogen (secondary N) is 3. The Morgan fingerprint density at radius 3 is 1.80 bits per heavy atom. The molecule has 0 bridgehead atoms. The molecule has 4 aromatic carbocycles. The molecule has 3 aliphatic heterocycles. The Labute approximate surface area is 356 Å². The predicted octanol–water partition coefficient (Wildman–Crippen LogP) is 8.83. The van der Waals surface area contributed by atoms with Gasteiger partial charge in [-0.3, -0.25) is 14.5 Å². The van der Waals surface area contributed by atoms with E-state index in [-0.39, 0.29) is 35.9 Å². The van der Waals surface area contributed by atoms with Crippen LogP contribution in [0.25, 0.3) is 44.4 Å². The fraction of sp³-hybridized carbons (Fsp3) is 0.367. The Morgan fingerprint density at radius 2 is 1.20 bits per heavy atom. The highest BCUT2D eigenvalue weighted by Crippen LogP contribution is 2.38. The van der Waals surface area contributed by atoms with Gasteiger partial charge in [0, 0.05) is 18.7 Å². The molecule has 9 rings (SSSR count). The van der Waals surface area contributed by atoms with E-state index in [0.717, 1.165) is 120 Å². The molecule has 314 valence electrons. The monoisotopic (exact) mass is 818 g/mol. The summed E-state index contributed by atoms with van der Waals surface area (Å²) in [6.45, 7) is 7.07. The van der Waals surface area contributed by atoms with Gasteiger partial charge in [-0.2, -0.15) is 0 Å². The van der Waals surface area contributed by atoms with E-state index in [9.17, 15) is 14.4 Å². The van der Waals surface area contributed by atoms with E-state index < -0.39 is 12.1 Å². The maximum absolute atomic E-state index is 14.3. The number of nitrogens with zero attached hydrogens (tertiary/aromatic N) is 5. The SMILES string of the molecule is COC(=O)N[C@H](C(=O)N1CCCC1c1ncc(-c2ccc(-c3ccc4cc(-c5cnc([C@@H]6CCCN6C(=O)C(c6ccccc6)N6CCCC6)[nH]5)ccc4c3)cc2)[nH]1)C(C)C. The number of hydrogen-bond acceptors (Lipinski definition) is 7. The molecule has 3 saturated heterocycles. The standard InChI is InChI=1S/C49H54N8O4/c1-31(2)43(54-49(60)61-3)47(58)56-25-9-13-41(56)45-50-29-39(52-45)33-17-15-32(16-18-33)35-19-20-37-28-38(22-21-36(37)27-35)40-30-51-46(53-40)42-14-10-26-57(42)48(59)44(55-23-7-8-24-55)34-11-5-4-6-12-34/h4-6,11-12,15-22,27-31,41-44H,7-10,13-14,23-26H2,1-3H3,(H,50,52)(H,51,53)(H,54,60)/t41?,42-,43-,44?/m0/s1. The van der Waals surface area contributed by atoms with Gasteiger partial charge in [-0.1, -0.05) is 92.7 Å². The number of methoxy groups -OCH3 is 1. The minimum absolute atomic E-state index is 0.0750. The number of aromatic amines is 2. The molecule has 6 aromatic rings. The molecule has 3 fully saturated rings. The van der Waals surface area contributed by atoms with Gasteiger partial charge >= 0.3 is 6.09 Å². The highest BCUT2D eigenvalue weighted by atomic mass is 16.5. The Hall–Kier alpha value is -6.27. The van der Waals surface area contributed by atoms with Gasteiger partial charge in [-0.05, 0) is 103 Å². The van der Waals surface area contributed by atoms with Crippen LogP contribution in [0.15, 0.2) is 103 Å². The van der Waals surface area contributed by atoms with Gasteiger partial charge in [0.1, 0.15) is 23.7 Å². The molecule has 5 heterocycles. The Morgan fingerprint density at radius 1 is 0.656 bits per heavy atom. The molecule has 12 heteroatoms. The lowest BCUT2D eigenvalue weighted by Crippen LogP contribution is -2.51. The van der Waals surface area contributed by atoms with Crippen molar-refractivity contribution in [2.24, 2.45) is 5.92 Å². The molecule has 12 nitrogen and oxygen atoms in total. The molecule has 0 spiro atoms. The highest BCUT2D eigenvalue weighted by molar-refractivity contribution is 5.91. The lowest BCUT2D eigenvalue weighted by Gasteiger charge is -2.33. The zero-order chi connectivity index (χ0) is 42.0. The van der Waals surface area contributed by atoms with Crippen LogP contribution in [0.5, 0.6) is 0 Å². The van der Waals surface area contributed by atoms with Gasteiger partial charge in [0.2, 0.25) is 11.8 Å². The number of likely N-dealkylation sites (tertiary alicyclic amines) is 3. The lowest BCUT2D eigenvalue weighted by atomic mass is 9.98. The molecule has 4 atom stereocenters. The molecular formula is C49H54N8O4. The van der Waals surface area contributed by atoms with Crippen LogP contribution in [-0.2, 0) is 14.3 Å². The average Bonchev–Trinajstić information content (AvgIpc) is 4.15. The summed E-state index contributed by atoms with van der Waals surface area (Å²) in [7, 11) is 1.30. The van der Waals surface area contributed by atoms with Crippen LogP contribution in [0, 0.1) is 5.92 Å². The topological polar surface area (TPSA) is 140 Å². The van der Waals surface area contributed by atoms with E-state index >= 15 is 0 Å². The maximum atomic E-state index is 14.3. The first kappa shape index (κ1) is 40.2. The van der Waals surface area contributed by atoms with Gasteiger partial charge in [0.05, 0.1) is 43.0 Å². The van der Waals surface area contributed by atoms with Crippen molar-refractivity contribution in [2.45, 2.75) is 76.5 Å². The van der Waals surface area contributed by atoms with Crippen molar-refractivity contribution in [3.8, 4) is 33.6 Å². The fourth-order valence-corrected chi connectivity index (χ4v) is 9.55. The second-order valence-corrected chi connectivity index (χ2v) is 17.0. The number of fused-ring (bicyclic) bond motifs is 1. The summed E-state index contributed by atoms with van der Waals surface area (Å²) < 4.78 is 4.78. The fourth-order valence-electron chi connectivity index (χ4n) is 9.55. The number of ether oxygens (including phenoxy) is 1. The number of aromatic nitrogens is 4. The number of amides is 3. The van der Waals surface area contributed by atoms with Crippen LogP contribution in [0.2, 0.25) is 0 Å². The number of carbonyl (C=O) groups excluding carboxylic acids is 3. The van der Waals surface area contributed by atoms with Crippen LogP contribution in [-0.4, -0.2) is 91.9 Å². The third-order valence-corrected chi connectivity index (χ3v) is 12.8. The second-order valence-electron chi connectivity index (χ2n) is 17.0. The number of hydrogen-bond donors (Lipinski definition) is 3. The highest BCUT2D eigenvalue weighted by Gasteiger charge is 2.40. The van der Waals surface area contributed by atoms with Crippen molar-refractivity contribution in [2.75, 3.05) is 33.3 Å². The van der Waals surface area contributed by atoms with Crippen LogP contribution >= 0.6 is 0 Å². The van der Waals surface area contributed by atoms with E-state index in [4.69, 9.17) is 14.7 Å². The number of benzene rings is 4. The van der Waals surface area contributed by atoms with Gasteiger partial charge in [-0.15, -0.1) is 0 Å². The normalized spacial score (nSPS) is 19.1. The van der Waals surface area contributed by atoms with Crippen LogP contribution in [0.3, 0.4) is 0 Å². The molecule has 3 N–H and O–H groups in total. The first-order valence-electron chi connectivity index (χ1n) is 21.7. The van der Waals surface area contributed by atoms with Gasteiger partial charge in [-0.25, -0.2) is 14.8 Å². The molecule has 2 unspecified atom stereocenters. The smallest absolute Gasteiger partial charge is 0.407 e. The summed E-state index contributed by atoms with van der Waals surface area (Å²) in [6, 6.07) is 30.5. The quantitative estimate of drug-likeness (QED) is 0.119. The number of rotatable bonds is 11. The number of H-pyrrole nitrogens is 2. The minimum Gasteiger partial charge on any atom is -0.453 e. The van der Waals surface area contributed by atoms with E-state index in [1.165, 1.54) is 7.11 Å². The molecule has 2 aromatic heterocycles. The lowest BCUT2D eigenvalue weighted by molar-refractivity contribution is -0.138. The molecule has 0 saturated carbocycles. The van der Waals surface area contributed by atoms with Gasteiger partial charge < -0.3 is 29.8 Å². The van der Waals surface area contributed by atoms with Crippen molar-refractivity contribution >= 4 is 28.7 Å². The first-order valence-corrected chi connectivity index (χ1v) is 21.7. The molecule has 3 amide bonds. The number of alkyl carbamates (subject to hydrolysis) is 1. The second kappa shape index (κ2) is 17.4. The largest absolute Gasteiger partial charge is 0.453 e. The third kappa shape index (κ3) is 8.16. The van der Waals surface area contributed by atoms with E-state index in [0.29, 0.717) is 6.54 Å². The summed E-state index contributed by atoms with van der Waals surface area (Å²) in [6.07, 6.45) is 8.88. The van der Waals surface area contributed by atoms with Gasteiger partial charge in [0.15, 0.2) is 0 Å². The Balaban J connectivity index is 0.874. The Kier molecular flexibility index (Phi) is 11.4. The molecule has 3 aliphatic rings. The zero-order valence-electron chi connectivity index (χ0n) is 35.1. The first-order chi connectivity index (χ1) is 29.7. The van der Waals surface area contributed by atoms with Crippen LogP contribution in [0.1, 0.15) is 87.7 Å². The predicted molar refractivity (Wildman–Crippen MR) is 236 cm³/mol. The van der Waals surface area contributed by atoms with Crippen molar-refractivity contribution < 1.29 is 19.1 Å². The molecular weight excluding hydrogens is 765 g/mol. The summed E-state index contributed by atoms with van der Waals surface area (Å²) in [5.74, 6) is 1.54. The van der Waals surface area contributed by atoms with Crippen molar-refractivity contribution in [3.05, 3.63) is 121 Å². The molecule has 61 heavy (non-hydrogen) atoms. The molecule has 0 aliphatic carbocycles. The number of carbonyl (C=O) groups is 3. The third-order valence-electron chi connectivity index (χ3n) is 12.8. The Bertz CT molecular complexity index is 2510. The van der Waals surface area contributed by atoms with E-state index in [2.05, 4.69) is 97.9 Å². The molecule has 0 radical (unpaired) electrons. The van der Waals surface area contributed by atoms with Crippen LogP contribution in [0.4, 0.5) is 4.79 Å². The van der Waals surface area contributed by atoms with Crippen LogP contribution < -0.4 is 5.32 Å². The average molecular weight is 819 g/mol. The maximum Gasteiger partial charge on any atom is 0.407 e. The van der Waals surface area contributed by atoms with Crippen molar-refractivity contribution in [3.63, 3.8) is 0 Å². The van der Waals surface area contributed by atoms with Crippen molar-refractivity contribution in [1.82, 2.24) is 40.0 Å². The number of imidazole rings is 2.